The Kier molecular flexibility index (Phi) is 6.51. The van der Waals surface area contributed by atoms with E-state index >= 15 is 0 Å². The third-order valence-electron chi connectivity index (χ3n) is 3.69. The van der Waals surface area contributed by atoms with Crippen molar-refractivity contribution in [2.45, 2.75) is 51.0 Å². The highest BCUT2D eigenvalue weighted by Crippen LogP contribution is 2.32. The molecule has 0 aromatic rings. The fourth-order valence-electron chi connectivity index (χ4n) is 2.56. The van der Waals surface area contributed by atoms with Gasteiger partial charge in [0.15, 0.2) is 0 Å². The molecule has 19 heavy (non-hydrogen) atoms. The maximum Gasteiger partial charge on any atom is 0.305 e. The summed E-state index contributed by atoms with van der Waals surface area (Å²) in [5.74, 6) is -1.03. The number of carbonyl (C=O) groups is 2. The molecular weight excluding hydrogens is 246 g/mol. The molecule has 0 aromatic carbocycles. The number of Topliss-reactive ketones (excluding diaryl/α,β-unsaturated/α-hetero) is 1. The van der Waals surface area contributed by atoms with E-state index < -0.39 is 12.0 Å². The Labute approximate surface area is 113 Å². The summed E-state index contributed by atoms with van der Waals surface area (Å²) < 4.78 is 4.55. The molecule has 5 heteroatoms. The van der Waals surface area contributed by atoms with Gasteiger partial charge in [-0.2, -0.15) is 5.26 Å². The number of ketones is 1. The number of esters is 1. The summed E-state index contributed by atoms with van der Waals surface area (Å²) in [5.41, 5.74) is 0. The smallest absolute Gasteiger partial charge is 0.305 e. The van der Waals surface area contributed by atoms with E-state index in [1.54, 1.807) is 0 Å². The van der Waals surface area contributed by atoms with Crippen LogP contribution in [-0.4, -0.2) is 30.1 Å². The Balaban J connectivity index is 2.17. The van der Waals surface area contributed by atoms with Crippen LogP contribution in [0.5, 0.6) is 0 Å². The molecule has 3 atom stereocenters. The van der Waals surface area contributed by atoms with Crippen LogP contribution in [-0.2, 0) is 14.3 Å². The van der Waals surface area contributed by atoms with Crippen molar-refractivity contribution in [3.8, 4) is 6.07 Å². The van der Waals surface area contributed by atoms with Crippen molar-refractivity contribution in [3.63, 3.8) is 0 Å². The Morgan fingerprint density at radius 1 is 1.42 bits per heavy atom. The van der Waals surface area contributed by atoms with E-state index in [0.717, 1.165) is 25.7 Å². The van der Waals surface area contributed by atoms with Crippen LogP contribution >= 0.6 is 0 Å². The molecule has 0 spiro atoms. The summed E-state index contributed by atoms with van der Waals surface area (Å²) >= 11 is 0. The third kappa shape index (κ3) is 4.64. The largest absolute Gasteiger partial charge is 0.469 e. The Morgan fingerprint density at radius 3 is 2.74 bits per heavy atom. The Bertz CT molecular complexity index is 361. The number of ether oxygens (including phenoxy) is 1. The number of rotatable bonds is 7. The SMILES string of the molecule is COC(=O)CCCCCCC1C(=O)CC(O)C1C#N. The minimum absolute atomic E-state index is 0.00797. The van der Waals surface area contributed by atoms with Crippen molar-refractivity contribution in [1.29, 1.82) is 5.26 Å². The fraction of sp³-hybridized carbons (Fsp3) is 0.786. The molecule has 1 N–H and O–H groups in total. The third-order valence-corrected chi connectivity index (χ3v) is 3.69. The van der Waals surface area contributed by atoms with E-state index in [1.165, 1.54) is 7.11 Å². The first-order valence-corrected chi connectivity index (χ1v) is 6.77. The van der Waals surface area contributed by atoms with Crippen molar-refractivity contribution >= 4 is 11.8 Å². The van der Waals surface area contributed by atoms with Crippen LogP contribution in [0, 0.1) is 23.2 Å². The lowest BCUT2D eigenvalue weighted by Crippen LogP contribution is -2.18. The summed E-state index contributed by atoms with van der Waals surface area (Å²) in [7, 11) is 1.38. The highest BCUT2D eigenvalue weighted by Gasteiger charge is 2.41. The zero-order chi connectivity index (χ0) is 14.3. The van der Waals surface area contributed by atoms with Crippen LogP contribution in [0.4, 0.5) is 0 Å². The summed E-state index contributed by atoms with van der Waals surface area (Å²) in [6.45, 7) is 0. The number of unbranched alkanes of at least 4 members (excludes halogenated alkanes) is 3. The summed E-state index contributed by atoms with van der Waals surface area (Å²) in [4.78, 5) is 22.5. The molecule has 0 aliphatic heterocycles. The predicted molar refractivity (Wildman–Crippen MR) is 67.9 cm³/mol. The van der Waals surface area contributed by atoms with Gasteiger partial charge < -0.3 is 9.84 Å². The lowest BCUT2D eigenvalue weighted by Gasteiger charge is -2.13. The first-order chi connectivity index (χ1) is 9.10. The molecule has 1 rings (SSSR count). The van der Waals surface area contributed by atoms with Crippen molar-refractivity contribution < 1.29 is 19.4 Å². The minimum Gasteiger partial charge on any atom is -0.469 e. The van der Waals surface area contributed by atoms with Gasteiger partial charge in [0.2, 0.25) is 0 Å². The van der Waals surface area contributed by atoms with Gasteiger partial charge in [-0.15, -0.1) is 0 Å². The van der Waals surface area contributed by atoms with Gasteiger partial charge in [-0.1, -0.05) is 19.3 Å². The number of aliphatic hydroxyl groups excluding tert-OH is 1. The lowest BCUT2D eigenvalue weighted by molar-refractivity contribution is -0.140. The van der Waals surface area contributed by atoms with Crippen LogP contribution < -0.4 is 0 Å². The first kappa shape index (κ1) is 15.6. The molecule has 0 amide bonds. The van der Waals surface area contributed by atoms with Crippen LogP contribution in [0.1, 0.15) is 44.9 Å². The summed E-state index contributed by atoms with van der Waals surface area (Å²) in [6, 6.07) is 2.04. The van der Waals surface area contributed by atoms with Crippen molar-refractivity contribution in [1.82, 2.24) is 0 Å². The normalized spacial score (nSPS) is 26.2. The molecule has 1 saturated carbocycles. The number of hydrogen-bond acceptors (Lipinski definition) is 5. The van der Waals surface area contributed by atoms with E-state index in [0.29, 0.717) is 12.8 Å². The summed E-state index contributed by atoms with van der Waals surface area (Å²) in [6.07, 6.45) is 3.89. The van der Waals surface area contributed by atoms with E-state index in [-0.39, 0.29) is 24.1 Å². The molecule has 0 heterocycles. The quantitative estimate of drug-likeness (QED) is 0.559. The van der Waals surface area contributed by atoms with Crippen molar-refractivity contribution in [2.75, 3.05) is 7.11 Å². The molecule has 0 saturated heterocycles. The second kappa shape index (κ2) is 7.90. The van der Waals surface area contributed by atoms with Crippen LogP contribution in [0.3, 0.4) is 0 Å². The second-order valence-corrected chi connectivity index (χ2v) is 5.03. The number of carbonyl (C=O) groups excluding carboxylic acids is 2. The zero-order valence-corrected chi connectivity index (χ0v) is 11.3. The number of nitrogens with zero attached hydrogens (tertiary/aromatic N) is 1. The first-order valence-electron chi connectivity index (χ1n) is 6.77. The number of nitriles is 1. The van der Waals surface area contributed by atoms with Crippen LogP contribution in [0.2, 0.25) is 0 Å². The molecule has 0 bridgehead atoms. The average Bonchev–Trinajstić information content (AvgIpc) is 2.67. The van der Waals surface area contributed by atoms with Gasteiger partial charge in [0, 0.05) is 18.8 Å². The molecule has 0 aromatic heterocycles. The van der Waals surface area contributed by atoms with Crippen LogP contribution in [0.25, 0.3) is 0 Å². The predicted octanol–water partition coefficient (Wildman–Crippen LogP) is 1.59. The van der Waals surface area contributed by atoms with E-state index in [9.17, 15) is 14.7 Å². The molecule has 106 valence electrons. The number of methoxy groups -OCH3 is 1. The van der Waals surface area contributed by atoms with Crippen LogP contribution in [0.15, 0.2) is 0 Å². The highest BCUT2D eigenvalue weighted by molar-refractivity contribution is 5.84. The minimum atomic E-state index is -0.790. The topological polar surface area (TPSA) is 87.4 Å². The monoisotopic (exact) mass is 267 g/mol. The maximum atomic E-state index is 11.6. The number of aliphatic hydroxyl groups is 1. The zero-order valence-electron chi connectivity index (χ0n) is 11.3. The van der Waals surface area contributed by atoms with Gasteiger partial charge in [-0.3, -0.25) is 9.59 Å². The van der Waals surface area contributed by atoms with Gasteiger partial charge in [0.1, 0.15) is 5.78 Å². The lowest BCUT2D eigenvalue weighted by atomic mass is 9.90. The summed E-state index contributed by atoms with van der Waals surface area (Å²) in [5, 5.41) is 18.5. The van der Waals surface area contributed by atoms with Gasteiger partial charge >= 0.3 is 5.97 Å². The Morgan fingerprint density at radius 2 is 2.11 bits per heavy atom. The van der Waals surface area contributed by atoms with E-state index in [4.69, 9.17) is 5.26 Å². The molecule has 1 fully saturated rings. The second-order valence-electron chi connectivity index (χ2n) is 5.03. The Hall–Kier alpha value is -1.41. The maximum absolute atomic E-state index is 11.6. The standard InChI is InChI=1S/C14H21NO4/c1-19-14(18)7-5-3-2-4-6-10-11(9-15)13(17)8-12(10)16/h10-11,13,17H,2-8H2,1H3. The van der Waals surface area contributed by atoms with Gasteiger partial charge in [0.05, 0.1) is 25.2 Å². The van der Waals surface area contributed by atoms with Gasteiger partial charge in [-0.05, 0) is 12.8 Å². The molecular formula is C14H21NO4. The van der Waals surface area contributed by atoms with Crippen molar-refractivity contribution in [2.24, 2.45) is 11.8 Å². The molecule has 3 unspecified atom stereocenters. The van der Waals surface area contributed by atoms with Gasteiger partial charge in [0.25, 0.3) is 0 Å². The molecule has 1 aliphatic rings. The van der Waals surface area contributed by atoms with Crippen molar-refractivity contribution in [3.05, 3.63) is 0 Å². The van der Waals surface area contributed by atoms with Gasteiger partial charge in [-0.25, -0.2) is 0 Å². The molecule has 5 nitrogen and oxygen atoms in total. The van der Waals surface area contributed by atoms with E-state index in [1.807, 2.05) is 6.07 Å². The molecule has 0 radical (unpaired) electrons. The number of hydrogen-bond donors (Lipinski definition) is 1. The molecule has 1 aliphatic carbocycles. The fourth-order valence-corrected chi connectivity index (χ4v) is 2.56. The van der Waals surface area contributed by atoms with E-state index in [2.05, 4.69) is 4.74 Å². The highest BCUT2D eigenvalue weighted by atomic mass is 16.5. The average molecular weight is 267 g/mol.